The van der Waals surface area contributed by atoms with Crippen LogP contribution in [0.25, 0.3) is 21.9 Å². The van der Waals surface area contributed by atoms with E-state index in [0.717, 1.165) is 10.4 Å². The van der Waals surface area contributed by atoms with Crippen LogP contribution in [0.1, 0.15) is 32.2 Å². The summed E-state index contributed by atoms with van der Waals surface area (Å²) in [6.45, 7) is 3.80. The molecule has 0 saturated heterocycles. The molecular formula is C19H15N3O3S. The molecule has 26 heavy (non-hydrogen) atoms. The number of aryl methyl sites for hydroxylation is 2. The monoisotopic (exact) mass is 365 g/mol. The number of methoxy groups -OCH3 is 1. The second kappa shape index (κ2) is 6.94. The number of H-pyrrole nitrogens is 1. The zero-order chi connectivity index (χ0) is 18.8. The number of nitrogens with zero attached hydrogens (tertiary/aromatic N) is 2. The number of benzene rings is 1. The number of aromatic amines is 1. The van der Waals surface area contributed by atoms with Gasteiger partial charge in [-0.25, -0.2) is 9.78 Å². The predicted octanol–water partition coefficient (Wildman–Crippen LogP) is 3.45. The Bertz CT molecular complexity index is 1150. The van der Waals surface area contributed by atoms with Gasteiger partial charge in [0, 0.05) is 4.88 Å². The first-order valence-corrected chi connectivity index (χ1v) is 8.57. The van der Waals surface area contributed by atoms with Crippen molar-refractivity contribution in [2.24, 2.45) is 0 Å². The van der Waals surface area contributed by atoms with Crippen molar-refractivity contribution >= 4 is 39.2 Å². The van der Waals surface area contributed by atoms with Gasteiger partial charge in [0.1, 0.15) is 10.9 Å². The van der Waals surface area contributed by atoms with E-state index >= 15 is 0 Å². The molecule has 0 aliphatic heterocycles. The molecular weight excluding hydrogens is 350 g/mol. The van der Waals surface area contributed by atoms with Crippen molar-refractivity contribution in [2.75, 3.05) is 7.11 Å². The number of nitrogens with one attached hydrogen (secondary N) is 1. The van der Waals surface area contributed by atoms with E-state index in [4.69, 9.17) is 4.74 Å². The number of esters is 1. The zero-order valence-corrected chi connectivity index (χ0v) is 15.2. The predicted molar refractivity (Wildman–Crippen MR) is 101 cm³/mol. The van der Waals surface area contributed by atoms with Gasteiger partial charge in [0.05, 0.1) is 23.6 Å². The summed E-state index contributed by atoms with van der Waals surface area (Å²) in [4.78, 5) is 33.0. The van der Waals surface area contributed by atoms with Crippen LogP contribution < -0.4 is 5.56 Å². The second-order valence-electron chi connectivity index (χ2n) is 5.63. The van der Waals surface area contributed by atoms with Crippen molar-refractivity contribution < 1.29 is 9.53 Å². The average Bonchev–Trinajstić information content (AvgIpc) is 2.93. The largest absolute Gasteiger partial charge is 0.465 e. The number of ether oxygens (including phenoxy) is 1. The highest BCUT2D eigenvalue weighted by atomic mass is 32.1. The normalized spacial score (nSPS) is 11.4. The van der Waals surface area contributed by atoms with Gasteiger partial charge in [-0.15, -0.1) is 11.3 Å². The zero-order valence-electron chi connectivity index (χ0n) is 14.4. The molecule has 2 aromatic heterocycles. The second-order valence-corrected chi connectivity index (χ2v) is 6.83. The molecule has 3 aromatic rings. The molecule has 0 fully saturated rings. The molecule has 1 aromatic carbocycles. The van der Waals surface area contributed by atoms with E-state index in [9.17, 15) is 14.9 Å². The van der Waals surface area contributed by atoms with Crippen molar-refractivity contribution in [2.45, 2.75) is 13.8 Å². The van der Waals surface area contributed by atoms with E-state index in [1.807, 2.05) is 19.9 Å². The molecule has 0 spiro atoms. The van der Waals surface area contributed by atoms with Gasteiger partial charge in [0.15, 0.2) is 5.82 Å². The van der Waals surface area contributed by atoms with Gasteiger partial charge < -0.3 is 9.72 Å². The lowest BCUT2D eigenvalue weighted by atomic mass is 10.0. The summed E-state index contributed by atoms with van der Waals surface area (Å²) in [7, 11) is 1.29. The number of nitriles is 1. The molecule has 0 aliphatic carbocycles. The molecule has 6 nitrogen and oxygen atoms in total. The van der Waals surface area contributed by atoms with Crippen LogP contribution in [0.15, 0.2) is 29.1 Å². The first-order valence-electron chi connectivity index (χ1n) is 7.75. The number of allylic oxidation sites excluding steroid dienone is 1. The smallest absolute Gasteiger partial charge is 0.338 e. The van der Waals surface area contributed by atoms with E-state index in [2.05, 4.69) is 9.97 Å². The van der Waals surface area contributed by atoms with E-state index in [1.165, 1.54) is 24.5 Å². The molecule has 0 unspecified atom stereocenters. The van der Waals surface area contributed by atoms with Crippen molar-refractivity contribution in [3.8, 4) is 6.07 Å². The van der Waals surface area contributed by atoms with E-state index in [0.29, 0.717) is 21.3 Å². The van der Waals surface area contributed by atoms with Crippen LogP contribution >= 0.6 is 11.3 Å². The third-order valence-electron chi connectivity index (χ3n) is 4.08. The van der Waals surface area contributed by atoms with Crippen LogP contribution in [0.5, 0.6) is 0 Å². The third kappa shape index (κ3) is 3.03. The number of rotatable bonds is 3. The summed E-state index contributed by atoms with van der Waals surface area (Å²) in [6.07, 6.45) is 1.52. The molecule has 0 saturated carbocycles. The van der Waals surface area contributed by atoms with E-state index < -0.39 is 5.97 Å². The number of thiophene rings is 1. The topological polar surface area (TPSA) is 95.8 Å². The first-order chi connectivity index (χ1) is 12.5. The van der Waals surface area contributed by atoms with Crippen LogP contribution in [0.4, 0.5) is 0 Å². The van der Waals surface area contributed by atoms with Gasteiger partial charge >= 0.3 is 5.97 Å². The Kier molecular flexibility index (Phi) is 4.69. The number of carbonyl (C=O) groups is 1. The Morgan fingerprint density at radius 3 is 2.77 bits per heavy atom. The Hall–Kier alpha value is -3.24. The molecule has 130 valence electrons. The Morgan fingerprint density at radius 2 is 2.08 bits per heavy atom. The molecule has 1 N–H and O–H groups in total. The number of aromatic nitrogens is 2. The summed E-state index contributed by atoms with van der Waals surface area (Å²) in [6, 6.07) is 8.80. The van der Waals surface area contributed by atoms with Gasteiger partial charge in [-0.3, -0.25) is 4.79 Å². The van der Waals surface area contributed by atoms with Crippen molar-refractivity contribution in [1.82, 2.24) is 9.97 Å². The third-order valence-corrected chi connectivity index (χ3v) is 5.18. The van der Waals surface area contributed by atoms with Crippen molar-refractivity contribution in [1.29, 1.82) is 5.26 Å². The SMILES string of the molecule is COC(=O)c1ccccc1/C=C(\C#N)c1nc2sc(C)c(C)c2c(=O)[nH]1. The number of fused-ring (bicyclic) bond motifs is 1. The highest BCUT2D eigenvalue weighted by Gasteiger charge is 2.15. The maximum absolute atomic E-state index is 12.4. The quantitative estimate of drug-likeness (QED) is 0.566. The number of hydrogen-bond acceptors (Lipinski definition) is 6. The van der Waals surface area contributed by atoms with E-state index in [1.54, 1.807) is 24.3 Å². The lowest BCUT2D eigenvalue weighted by Crippen LogP contribution is -2.11. The minimum absolute atomic E-state index is 0.157. The standard InChI is InChI=1S/C19H15N3O3S/c1-10-11(2)26-18-15(10)17(23)21-16(22-18)13(9-20)8-12-6-4-5-7-14(12)19(24)25-3/h4-8H,1-3H3,(H,21,22,23)/b13-8+. The fourth-order valence-electron chi connectivity index (χ4n) is 2.61. The van der Waals surface area contributed by atoms with Gasteiger partial charge in [-0.1, -0.05) is 18.2 Å². The Morgan fingerprint density at radius 1 is 1.35 bits per heavy atom. The number of carbonyl (C=O) groups excluding carboxylic acids is 1. The average molecular weight is 365 g/mol. The van der Waals surface area contributed by atoms with Gasteiger partial charge in [0.2, 0.25) is 0 Å². The summed E-state index contributed by atoms with van der Waals surface area (Å²) in [5.74, 6) is -0.332. The fourth-order valence-corrected chi connectivity index (χ4v) is 3.64. The van der Waals surface area contributed by atoms with E-state index in [-0.39, 0.29) is 17.0 Å². The lowest BCUT2D eigenvalue weighted by molar-refractivity contribution is 0.0600. The van der Waals surface area contributed by atoms with Crippen LogP contribution in [0.3, 0.4) is 0 Å². The molecule has 3 rings (SSSR count). The maximum Gasteiger partial charge on any atom is 0.338 e. The summed E-state index contributed by atoms with van der Waals surface area (Å²) >= 11 is 1.41. The van der Waals surface area contributed by atoms with Gasteiger partial charge in [-0.05, 0) is 37.1 Å². The maximum atomic E-state index is 12.4. The highest BCUT2D eigenvalue weighted by molar-refractivity contribution is 7.18. The molecule has 0 bridgehead atoms. The minimum atomic E-state index is -0.504. The Labute approximate surface area is 153 Å². The van der Waals surface area contributed by atoms with Crippen LogP contribution in [0.2, 0.25) is 0 Å². The van der Waals surface area contributed by atoms with Crippen LogP contribution in [0, 0.1) is 25.2 Å². The molecule has 0 aliphatic rings. The van der Waals surface area contributed by atoms with Crippen molar-refractivity contribution in [3.63, 3.8) is 0 Å². The summed E-state index contributed by atoms with van der Waals surface area (Å²) in [5, 5.41) is 10.1. The summed E-state index contributed by atoms with van der Waals surface area (Å²) in [5.41, 5.74) is 1.60. The molecule has 0 radical (unpaired) electrons. The lowest BCUT2D eigenvalue weighted by Gasteiger charge is -2.05. The van der Waals surface area contributed by atoms with Crippen molar-refractivity contribution in [3.05, 3.63) is 62.0 Å². The van der Waals surface area contributed by atoms with Gasteiger partial charge in [0.25, 0.3) is 5.56 Å². The number of hydrogen-bond donors (Lipinski definition) is 1. The first kappa shape index (κ1) is 17.6. The fraction of sp³-hybridized carbons (Fsp3) is 0.158. The molecule has 0 atom stereocenters. The molecule has 2 heterocycles. The van der Waals surface area contributed by atoms with Crippen LogP contribution in [-0.2, 0) is 4.74 Å². The highest BCUT2D eigenvalue weighted by Crippen LogP contribution is 2.27. The molecule has 0 amide bonds. The van der Waals surface area contributed by atoms with Crippen LogP contribution in [-0.4, -0.2) is 23.0 Å². The summed E-state index contributed by atoms with van der Waals surface area (Å²) < 4.78 is 4.77. The molecule has 7 heteroatoms. The Balaban J connectivity index is 2.18. The minimum Gasteiger partial charge on any atom is -0.465 e. The van der Waals surface area contributed by atoms with Gasteiger partial charge in [-0.2, -0.15) is 5.26 Å².